The molecule has 0 radical (unpaired) electrons. The molecule has 1 unspecified atom stereocenters. The number of rotatable bonds is 5. The molecule has 2 saturated heterocycles. The van der Waals surface area contributed by atoms with Gasteiger partial charge in [0.1, 0.15) is 11.6 Å². The van der Waals surface area contributed by atoms with Crippen molar-refractivity contribution in [3.05, 3.63) is 0 Å². The highest BCUT2D eigenvalue weighted by Crippen LogP contribution is 2.68. The van der Waals surface area contributed by atoms with Crippen LogP contribution < -0.4 is 0 Å². The summed E-state index contributed by atoms with van der Waals surface area (Å²) in [5.41, 5.74) is -0.0458. The van der Waals surface area contributed by atoms with E-state index in [4.69, 9.17) is 18.9 Å². The molecule has 2 heterocycles. The third kappa shape index (κ3) is 4.66. The first-order valence-electron chi connectivity index (χ1n) is 15.4. The summed E-state index contributed by atoms with van der Waals surface area (Å²) in [7, 11) is 0. The molecule has 4 aliphatic carbocycles. The topological polar surface area (TPSA) is 71.1 Å². The van der Waals surface area contributed by atoms with Gasteiger partial charge in [-0.3, -0.25) is 9.59 Å². The van der Waals surface area contributed by atoms with Crippen LogP contribution in [-0.4, -0.2) is 49.6 Å². The third-order valence-corrected chi connectivity index (χ3v) is 11.8. The van der Waals surface area contributed by atoms with Gasteiger partial charge in [0.15, 0.2) is 12.6 Å². The second kappa shape index (κ2) is 10.3. The van der Waals surface area contributed by atoms with Crippen molar-refractivity contribution in [1.82, 2.24) is 0 Å². The van der Waals surface area contributed by atoms with Crippen molar-refractivity contribution >= 4 is 11.6 Å². The van der Waals surface area contributed by atoms with Gasteiger partial charge in [0, 0.05) is 32.0 Å². The van der Waals surface area contributed by atoms with Crippen LogP contribution in [0.1, 0.15) is 104 Å². The Hall–Kier alpha value is -0.820. The van der Waals surface area contributed by atoms with Crippen molar-refractivity contribution in [2.24, 2.45) is 40.4 Å². The molecule has 37 heavy (non-hydrogen) atoms. The highest BCUT2D eigenvalue weighted by Gasteiger charge is 2.67. The van der Waals surface area contributed by atoms with Gasteiger partial charge in [-0.25, -0.2) is 0 Å². The summed E-state index contributed by atoms with van der Waals surface area (Å²) in [6.07, 6.45) is 12.3. The predicted molar refractivity (Wildman–Crippen MR) is 139 cm³/mol. The van der Waals surface area contributed by atoms with Crippen molar-refractivity contribution in [2.45, 2.75) is 129 Å². The molecule has 0 aromatic carbocycles. The maximum absolute atomic E-state index is 12.9. The Morgan fingerprint density at radius 2 is 1.57 bits per heavy atom. The molecular formula is C31H48O6. The highest BCUT2D eigenvalue weighted by atomic mass is 16.7. The molecular weight excluding hydrogens is 468 g/mol. The van der Waals surface area contributed by atoms with E-state index in [1.54, 1.807) is 6.92 Å². The van der Waals surface area contributed by atoms with E-state index in [0.717, 1.165) is 83.8 Å². The van der Waals surface area contributed by atoms with Crippen molar-refractivity contribution < 1.29 is 28.5 Å². The van der Waals surface area contributed by atoms with Gasteiger partial charge in [0.05, 0.1) is 12.2 Å². The first-order chi connectivity index (χ1) is 17.8. The summed E-state index contributed by atoms with van der Waals surface area (Å²) in [6, 6.07) is 0. The average Bonchev–Trinajstić information content (AvgIpc) is 3.23. The zero-order valence-electron chi connectivity index (χ0n) is 23.3. The van der Waals surface area contributed by atoms with Gasteiger partial charge in [-0.2, -0.15) is 0 Å². The van der Waals surface area contributed by atoms with Gasteiger partial charge in [-0.1, -0.05) is 13.8 Å². The second-order valence-corrected chi connectivity index (χ2v) is 13.8. The normalized spacial score (nSPS) is 50.1. The molecule has 208 valence electrons. The summed E-state index contributed by atoms with van der Waals surface area (Å²) in [4.78, 5) is 25.6. The van der Waals surface area contributed by atoms with E-state index >= 15 is 0 Å². The summed E-state index contributed by atoms with van der Waals surface area (Å²) in [5, 5.41) is 0. The van der Waals surface area contributed by atoms with Crippen LogP contribution in [0.2, 0.25) is 0 Å². The van der Waals surface area contributed by atoms with E-state index in [9.17, 15) is 9.59 Å². The average molecular weight is 517 g/mol. The SMILES string of the molecule is CC(=O)[C@H]1CC[C@H]2[C@H]3[C@H]([C@H](O[C@H]4CCCCO4)C[C@]12C)[C@@]1(C)CCC(=O)C[C@H]1C[C@H]3OC1CCCCO1. The molecule has 6 nitrogen and oxygen atoms in total. The van der Waals surface area contributed by atoms with Crippen LogP contribution in [0.5, 0.6) is 0 Å². The lowest BCUT2D eigenvalue weighted by atomic mass is 9.43. The Kier molecular flexibility index (Phi) is 7.35. The molecule has 0 spiro atoms. The van der Waals surface area contributed by atoms with Gasteiger partial charge in [0.25, 0.3) is 0 Å². The number of ether oxygens (including phenoxy) is 4. The maximum atomic E-state index is 12.9. The molecule has 6 heteroatoms. The van der Waals surface area contributed by atoms with Gasteiger partial charge < -0.3 is 18.9 Å². The fourth-order valence-corrected chi connectivity index (χ4v) is 10.0. The van der Waals surface area contributed by atoms with E-state index in [1.165, 1.54) is 0 Å². The Bertz CT molecular complexity index is 862. The summed E-state index contributed by atoms with van der Waals surface area (Å²) in [5.74, 6) is 2.19. The second-order valence-electron chi connectivity index (χ2n) is 13.8. The zero-order valence-corrected chi connectivity index (χ0v) is 23.3. The van der Waals surface area contributed by atoms with Crippen molar-refractivity contribution in [1.29, 1.82) is 0 Å². The van der Waals surface area contributed by atoms with Crippen molar-refractivity contribution in [2.75, 3.05) is 13.2 Å². The maximum Gasteiger partial charge on any atom is 0.157 e. The number of hydrogen-bond donors (Lipinski definition) is 0. The van der Waals surface area contributed by atoms with Gasteiger partial charge >= 0.3 is 0 Å². The largest absolute Gasteiger partial charge is 0.353 e. The standard InChI is InChI=1S/C31H48O6/c1-19(32)22-10-11-23-28-24(36-26-8-4-6-14-34-26)17-20-16-21(33)12-13-30(20,2)29(28)25(18-31(22,23)3)37-27-9-5-7-15-35-27/h20,22-29H,4-18H2,1-3H3/t20-,22+,23-,24+,25+,26?,27-,28+,29-,30-,31+/m0/s1. The van der Waals surface area contributed by atoms with Crippen LogP contribution in [0.15, 0.2) is 0 Å². The molecule has 11 atom stereocenters. The lowest BCUT2D eigenvalue weighted by molar-refractivity contribution is -0.288. The zero-order chi connectivity index (χ0) is 25.8. The van der Waals surface area contributed by atoms with E-state index in [2.05, 4.69) is 13.8 Å². The Labute approximate surface area is 222 Å². The van der Waals surface area contributed by atoms with Crippen molar-refractivity contribution in [3.8, 4) is 0 Å². The third-order valence-electron chi connectivity index (χ3n) is 11.8. The smallest absolute Gasteiger partial charge is 0.157 e. The molecule has 0 bridgehead atoms. The first-order valence-corrected chi connectivity index (χ1v) is 15.4. The predicted octanol–water partition coefficient (Wildman–Crippen LogP) is 5.85. The quantitative estimate of drug-likeness (QED) is 0.427. The highest BCUT2D eigenvalue weighted by molar-refractivity contribution is 5.80. The molecule has 6 rings (SSSR count). The molecule has 6 fully saturated rings. The molecule has 0 N–H and O–H groups in total. The Balaban J connectivity index is 1.39. The van der Waals surface area contributed by atoms with Crippen LogP contribution in [-0.2, 0) is 28.5 Å². The van der Waals surface area contributed by atoms with Crippen LogP contribution in [0, 0.1) is 40.4 Å². The fraction of sp³-hybridized carbons (Fsp3) is 0.935. The number of Topliss-reactive ketones (excluding diaryl/α,β-unsaturated/α-hetero) is 2. The number of carbonyl (C=O) groups is 2. The molecule has 0 aromatic rings. The van der Waals surface area contributed by atoms with Gasteiger partial charge in [-0.05, 0) is 112 Å². The van der Waals surface area contributed by atoms with Gasteiger partial charge in [0.2, 0.25) is 0 Å². The summed E-state index contributed by atoms with van der Waals surface area (Å²) < 4.78 is 26.1. The lowest BCUT2D eigenvalue weighted by Crippen LogP contribution is -2.64. The molecule has 0 amide bonds. The molecule has 4 saturated carbocycles. The minimum atomic E-state index is -0.160. The van der Waals surface area contributed by atoms with E-state index in [-0.39, 0.29) is 41.5 Å². The Morgan fingerprint density at radius 3 is 2.19 bits per heavy atom. The monoisotopic (exact) mass is 516 g/mol. The van der Waals surface area contributed by atoms with Crippen LogP contribution in [0.3, 0.4) is 0 Å². The summed E-state index contributed by atoms with van der Waals surface area (Å²) in [6.45, 7) is 8.15. The van der Waals surface area contributed by atoms with E-state index in [0.29, 0.717) is 48.1 Å². The van der Waals surface area contributed by atoms with Crippen LogP contribution >= 0.6 is 0 Å². The summed E-state index contributed by atoms with van der Waals surface area (Å²) >= 11 is 0. The first kappa shape index (κ1) is 26.4. The van der Waals surface area contributed by atoms with Crippen molar-refractivity contribution in [3.63, 3.8) is 0 Å². The number of hydrogen-bond acceptors (Lipinski definition) is 6. The van der Waals surface area contributed by atoms with E-state index < -0.39 is 0 Å². The lowest BCUT2D eigenvalue weighted by Gasteiger charge is -2.64. The van der Waals surface area contributed by atoms with E-state index in [1.807, 2.05) is 0 Å². The van der Waals surface area contributed by atoms with Crippen LogP contribution in [0.25, 0.3) is 0 Å². The molecule has 0 aromatic heterocycles. The minimum Gasteiger partial charge on any atom is -0.353 e. The van der Waals surface area contributed by atoms with Crippen LogP contribution in [0.4, 0.5) is 0 Å². The fourth-order valence-electron chi connectivity index (χ4n) is 10.0. The van der Waals surface area contributed by atoms with Gasteiger partial charge in [-0.15, -0.1) is 0 Å². The minimum absolute atomic E-state index is 0.0219. The number of fused-ring (bicyclic) bond motifs is 5. The molecule has 2 aliphatic heterocycles. The Morgan fingerprint density at radius 1 is 0.892 bits per heavy atom. The number of carbonyl (C=O) groups excluding carboxylic acids is 2. The number of ketones is 2. The molecule has 6 aliphatic rings.